The molecule has 0 fully saturated rings. The Bertz CT molecular complexity index is 328. The van der Waals surface area contributed by atoms with Gasteiger partial charge in [-0.1, -0.05) is 0 Å². The number of carbonyl (C=O) groups is 1. The lowest BCUT2D eigenvalue weighted by molar-refractivity contribution is 0.259. The quantitative estimate of drug-likeness (QED) is 0.728. The average molecular weight is 184 g/mol. The fraction of sp³-hybridized carbons (Fsp3) is 0.125. The van der Waals surface area contributed by atoms with E-state index in [1.807, 2.05) is 0 Å². The number of ether oxygens (including phenoxy) is 1. The van der Waals surface area contributed by atoms with E-state index in [9.17, 15) is 9.18 Å². The first-order valence-corrected chi connectivity index (χ1v) is 3.53. The van der Waals surface area contributed by atoms with E-state index in [2.05, 4.69) is 5.32 Å². The Kier molecular flexibility index (Phi) is 2.69. The van der Waals surface area contributed by atoms with Gasteiger partial charge in [-0.2, -0.15) is 0 Å². The van der Waals surface area contributed by atoms with Crippen molar-refractivity contribution in [1.82, 2.24) is 0 Å². The minimum absolute atomic E-state index is 0.0613. The lowest BCUT2D eigenvalue weighted by Crippen LogP contribution is -2.19. The summed E-state index contributed by atoms with van der Waals surface area (Å²) >= 11 is 0. The standard InChI is InChI=1S/C8H9FN2O2/c1-13-7-4-5(11-8(10)12)2-3-6(7)9/h2-4H,1H3,(H3,10,11,12). The molecule has 0 saturated carbocycles. The summed E-state index contributed by atoms with van der Waals surface area (Å²) in [5.41, 5.74) is 5.26. The summed E-state index contributed by atoms with van der Waals surface area (Å²) in [5, 5.41) is 2.30. The summed E-state index contributed by atoms with van der Waals surface area (Å²) in [7, 11) is 1.34. The molecule has 0 aliphatic carbocycles. The number of benzene rings is 1. The van der Waals surface area contributed by atoms with Crippen molar-refractivity contribution in [3.63, 3.8) is 0 Å². The summed E-state index contributed by atoms with van der Waals surface area (Å²) < 4.78 is 17.5. The van der Waals surface area contributed by atoms with Crippen molar-refractivity contribution in [3.8, 4) is 5.75 Å². The number of hydrogen-bond donors (Lipinski definition) is 2. The molecule has 0 saturated heterocycles. The summed E-state index contributed by atoms with van der Waals surface area (Å²) in [6.45, 7) is 0. The summed E-state index contributed by atoms with van der Waals surface area (Å²) in [6.07, 6.45) is 0. The second-order valence-corrected chi connectivity index (χ2v) is 2.34. The third-order valence-corrected chi connectivity index (χ3v) is 1.42. The maximum absolute atomic E-state index is 12.8. The van der Waals surface area contributed by atoms with E-state index in [1.54, 1.807) is 0 Å². The molecule has 4 nitrogen and oxygen atoms in total. The number of carbonyl (C=O) groups excluding carboxylic acids is 1. The molecule has 0 aliphatic rings. The molecule has 1 aromatic rings. The van der Waals surface area contributed by atoms with Crippen molar-refractivity contribution < 1.29 is 13.9 Å². The fourth-order valence-corrected chi connectivity index (χ4v) is 0.880. The largest absolute Gasteiger partial charge is 0.494 e. The molecule has 70 valence electrons. The molecule has 1 rings (SSSR count). The van der Waals surface area contributed by atoms with E-state index in [0.29, 0.717) is 5.69 Å². The number of nitrogens with one attached hydrogen (secondary N) is 1. The van der Waals surface area contributed by atoms with Crippen LogP contribution in [0, 0.1) is 5.82 Å². The highest BCUT2D eigenvalue weighted by atomic mass is 19.1. The highest BCUT2D eigenvalue weighted by Crippen LogP contribution is 2.20. The monoisotopic (exact) mass is 184 g/mol. The first-order valence-electron chi connectivity index (χ1n) is 3.53. The zero-order valence-corrected chi connectivity index (χ0v) is 7.00. The molecule has 5 heteroatoms. The van der Waals surface area contributed by atoms with E-state index in [1.165, 1.54) is 25.3 Å². The van der Waals surface area contributed by atoms with Crippen LogP contribution in [0.4, 0.5) is 14.9 Å². The van der Waals surface area contributed by atoms with Crippen molar-refractivity contribution in [2.24, 2.45) is 5.73 Å². The number of urea groups is 1. The normalized spacial score (nSPS) is 9.38. The van der Waals surface area contributed by atoms with Crippen LogP contribution in [0.1, 0.15) is 0 Å². The first kappa shape index (κ1) is 9.31. The number of anilines is 1. The molecular formula is C8H9FN2O2. The summed E-state index contributed by atoms with van der Waals surface area (Å²) in [4.78, 5) is 10.4. The summed E-state index contributed by atoms with van der Waals surface area (Å²) in [5.74, 6) is -0.427. The lowest BCUT2D eigenvalue weighted by Gasteiger charge is -2.05. The Balaban J connectivity index is 2.92. The van der Waals surface area contributed by atoms with Crippen LogP contribution in [-0.2, 0) is 0 Å². The smallest absolute Gasteiger partial charge is 0.316 e. The Hall–Kier alpha value is -1.78. The number of amides is 2. The molecule has 2 amide bonds. The highest BCUT2D eigenvalue weighted by molar-refractivity contribution is 5.87. The molecule has 3 N–H and O–H groups in total. The van der Waals surface area contributed by atoms with Crippen molar-refractivity contribution in [1.29, 1.82) is 0 Å². The Labute approximate surface area is 74.5 Å². The Morgan fingerprint density at radius 1 is 1.62 bits per heavy atom. The van der Waals surface area contributed by atoms with Crippen molar-refractivity contribution in [2.45, 2.75) is 0 Å². The van der Waals surface area contributed by atoms with Gasteiger partial charge in [0.1, 0.15) is 0 Å². The van der Waals surface area contributed by atoms with E-state index >= 15 is 0 Å². The molecule has 0 atom stereocenters. The number of primary amides is 1. The van der Waals surface area contributed by atoms with Gasteiger partial charge in [0.05, 0.1) is 7.11 Å². The predicted octanol–water partition coefficient (Wildman–Crippen LogP) is 1.32. The van der Waals surface area contributed by atoms with Gasteiger partial charge in [-0.3, -0.25) is 0 Å². The van der Waals surface area contributed by atoms with Crippen LogP contribution in [-0.4, -0.2) is 13.1 Å². The number of methoxy groups -OCH3 is 1. The van der Waals surface area contributed by atoms with Crippen LogP contribution >= 0.6 is 0 Å². The Morgan fingerprint density at radius 2 is 2.31 bits per heavy atom. The number of rotatable bonds is 2. The highest BCUT2D eigenvalue weighted by Gasteiger charge is 2.03. The van der Waals surface area contributed by atoms with Gasteiger partial charge in [0.15, 0.2) is 11.6 Å². The third kappa shape index (κ3) is 2.33. The van der Waals surface area contributed by atoms with Crippen molar-refractivity contribution in [3.05, 3.63) is 24.0 Å². The zero-order valence-electron chi connectivity index (χ0n) is 7.00. The van der Waals surface area contributed by atoms with Crippen LogP contribution < -0.4 is 15.8 Å². The van der Waals surface area contributed by atoms with E-state index in [0.717, 1.165) is 0 Å². The number of halogens is 1. The van der Waals surface area contributed by atoms with Gasteiger partial charge in [0.25, 0.3) is 0 Å². The maximum atomic E-state index is 12.8. The number of nitrogens with two attached hydrogens (primary N) is 1. The van der Waals surface area contributed by atoms with E-state index in [4.69, 9.17) is 10.5 Å². The molecule has 0 aromatic heterocycles. The molecule has 0 aliphatic heterocycles. The lowest BCUT2D eigenvalue weighted by atomic mass is 10.3. The van der Waals surface area contributed by atoms with Gasteiger partial charge in [0, 0.05) is 11.8 Å². The Morgan fingerprint density at radius 3 is 2.85 bits per heavy atom. The van der Waals surface area contributed by atoms with Gasteiger partial charge in [0.2, 0.25) is 0 Å². The average Bonchev–Trinajstić information content (AvgIpc) is 2.07. The number of hydrogen-bond acceptors (Lipinski definition) is 2. The van der Waals surface area contributed by atoms with Crippen molar-refractivity contribution in [2.75, 3.05) is 12.4 Å². The van der Waals surface area contributed by atoms with Gasteiger partial charge in [-0.15, -0.1) is 0 Å². The molecule has 0 spiro atoms. The van der Waals surface area contributed by atoms with Crippen LogP contribution in [0.3, 0.4) is 0 Å². The van der Waals surface area contributed by atoms with Gasteiger partial charge < -0.3 is 15.8 Å². The van der Waals surface area contributed by atoms with Crippen LogP contribution in [0.5, 0.6) is 5.75 Å². The van der Waals surface area contributed by atoms with E-state index in [-0.39, 0.29) is 5.75 Å². The predicted molar refractivity (Wildman–Crippen MR) is 46.2 cm³/mol. The minimum Gasteiger partial charge on any atom is -0.494 e. The summed E-state index contributed by atoms with van der Waals surface area (Å²) in [6, 6.07) is 3.22. The van der Waals surface area contributed by atoms with Crippen LogP contribution in [0.2, 0.25) is 0 Å². The van der Waals surface area contributed by atoms with Crippen LogP contribution in [0.15, 0.2) is 18.2 Å². The molecule has 0 bridgehead atoms. The SMILES string of the molecule is COc1cc(NC(N)=O)ccc1F. The molecule has 13 heavy (non-hydrogen) atoms. The topological polar surface area (TPSA) is 64.3 Å². The van der Waals surface area contributed by atoms with Gasteiger partial charge >= 0.3 is 6.03 Å². The molecular weight excluding hydrogens is 175 g/mol. The van der Waals surface area contributed by atoms with E-state index < -0.39 is 11.8 Å². The van der Waals surface area contributed by atoms with Gasteiger partial charge in [-0.25, -0.2) is 9.18 Å². The third-order valence-electron chi connectivity index (χ3n) is 1.42. The van der Waals surface area contributed by atoms with Crippen LogP contribution in [0.25, 0.3) is 0 Å². The molecule has 1 aromatic carbocycles. The second-order valence-electron chi connectivity index (χ2n) is 2.34. The first-order chi connectivity index (χ1) is 6.13. The molecule has 0 unspecified atom stereocenters. The van der Waals surface area contributed by atoms with Gasteiger partial charge in [-0.05, 0) is 12.1 Å². The van der Waals surface area contributed by atoms with Crippen molar-refractivity contribution >= 4 is 11.7 Å². The zero-order chi connectivity index (χ0) is 9.84. The molecule has 0 radical (unpaired) electrons. The second kappa shape index (κ2) is 3.75. The maximum Gasteiger partial charge on any atom is 0.316 e. The fourth-order valence-electron chi connectivity index (χ4n) is 0.880. The molecule has 0 heterocycles. The minimum atomic E-state index is -0.700.